The molecule has 0 saturated heterocycles. The highest BCUT2D eigenvalue weighted by Gasteiger charge is 2.22. The van der Waals surface area contributed by atoms with E-state index in [1.807, 2.05) is 6.92 Å². The summed E-state index contributed by atoms with van der Waals surface area (Å²) in [5, 5.41) is 7.48. The van der Waals surface area contributed by atoms with Crippen LogP contribution in [0.3, 0.4) is 0 Å². The predicted octanol–water partition coefficient (Wildman–Crippen LogP) is 3.53. The Kier molecular flexibility index (Phi) is 4.23. The second kappa shape index (κ2) is 5.75. The van der Waals surface area contributed by atoms with E-state index in [1.165, 1.54) is 11.1 Å². The molecule has 0 radical (unpaired) electrons. The summed E-state index contributed by atoms with van der Waals surface area (Å²) < 4.78 is 5.35. The Morgan fingerprint density at radius 1 is 1.25 bits per heavy atom. The zero-order valence-electron chi connectivity index (χ0n) is 12.9. The summed E-state index contributed by atoms with van der Waals surface area (Å²) in [4.78, 5) is 4.48. The van der Waals surface area contributed by atoms with Crippen molar-refractivity contribution < 1.29 is 4.52 Å². The topological polar surface area (TPSA) is 51.0 Å². The summed E-state index contributed by atoms with van der Waals surface area (Å²) in [6, 6.07) is 8.39. The standard InChI is InChI=1S/C16H23N3O/c1-11-8-6-7-9-13(11)10-17-12(2)14-18-15(19-20-14)16(3,4)5/h6-9,12,17H,10H2,1-5H3. The van der Waals surface area contributed by atoms with Gasteiger partial charge in [-0.2, -0.15) is 4.98 Å². The first-order valence-electron chi connectivity index (χ1n) is 7.00. The highest BCUT2D eigenvalue weighted by molar-refractivity contribution is 5.25. The maximum Gasteiger partial charge on any atom is 0.243 e. The van der Waals surface area contributed by atoms with Crippen LogP contribution in [0.25, 0.3) is 0 Å². The Morgan fingerprint density at radius 2 is 1.95 bits per heavy atom. The molecular formula is C16H23N3O. The molecule has 1 unspecified atom stereocenters. The molecule has 108 valence electrons. The summed E-state index contributed by atoms with van der Waals surface area (Å²) in [6.07, 6.45) is 0. The number of hydrogen-bond acceptors (Lipinski definition) is 4. The molecule has 2 aromatic rings. The summed E-state index contributed by atoms with van der Waals surface area (Å²) in [7, 11) is 0. The molecule has 1 atom stereocenters. The summed E-state index contributed by atoms with van der Waals surface area (Å²) in [6.45, 7) is 11.2. The minimum atomic E-state index is -0.0858. The molecule has 0 aliphatic heterocycles. The number of aromatic nitrogens is 2. The van der Waals surface area contributed by atoms with Crippen molar-refractivity contribution in [2.45, 2.75) is 52.6 Å². The van der Waals surface area contributed by atoms with Gasteiger partial charge >= 0.3 is 0 Å². The fraction of sp³-hybridized carbons (Fsp3) is 0.500. The lowest BCUT2D eigenvalue weighted by Crippen LogP contribution is -2.19. The van der Waals surface area contributed by atoms with Gasteiger partial charge in [0.15, 0.2) is 5.82 Å². The molecule has 1 aromatic carbocycles. The summed E-state index contributed by atoms with van der Waals surface area (Å²) in [5.41, 5.74) is 2.49. The van der Waals surface area contributed by atoms with Crippen molar-refractivity contribution in [3.8, 4) is 0 Å². The smallest absolute Gasteiger partial charge is 0.243 e. The Labute approximate surface area is 120 Å². The fourth-order valence-electron chi connectivity index (χ4n) is 1.87. The van der Waals surface area contributed by atoms with Crippen LogP contribution in [0.4, 0.5) is 0 Å². The number of hydrogen-bond donors (Lipinski definition) is 1. The lowest BCUT2D eigenvalue weighted by atomic mass is 9.96. The van der Waals surface area contributed by atoms with E-state index < -0.39 is 0 Å². The van der Waals surface area contributed by atoms with Gasteiger partial charge in [0, 0.05) is 12.0 Å². The van der Waals surface area contributed by atoms with Crippen LogP contribution in [0.2, 0.25) is 0 Å². The number of nitrogens with one attached hydrogen (secondary N) is 1. The number of rotatable bonds is 4. The maximum atomic E-state index is 5.35. The fourth-order valence-corrected chi connectivity index (χ4v) is 1.87. The minimum absolute atomic E-state index is 0.0400. The second-order valence-electron chi connectivity index (χ2n) is 6.24. The number of aryl methyl sites for hydroxylation is 1. The molecule has 0 fully saturated rings. The SMILES string of the molecule is Cc1ccccc1CNC(C)c1nc(C(C)(C)C)no1. The van der Waals surface area contributed by atoms with Crippen LogP contribution in [0.1, 0.15) is 56.6 Å². The van der Waals surface area contributed by atoms with E-state index in [2.05, 4.69) is 67.4 Å². The Bertz CT molecular complexity index is 569. The first-order chi connectivity index (χ1) is 9.38. The summed E-state index contributed by atoms with van der Waals surface area (Å²) >= 11 is 0. The van der Waals surface area contributed by atoms with Crippen LogP contribution in [-0.2, 0) is 12.0 Å². The van der Waals surface area contributed by atoms with Crippen molar-refractivity contribution in [3.05, 3.63) is 47.1 Å². The quantitative estimate of drug-likeness (QED) is 0.926. The largest absolute Gasteiger partial charge is 0.338 e. The molecule has 0 aliphatic carbocycles. The molecule has 0 amide bonds. The van der Waals surface area contributed by atoms with Crippen LogP contribution in [0, 0.1) is 6.92 Å². The van der Waals surface area contributed by atoms with E-state index in [4.69, 9.17) is 4.52 Å². The van der Waals surface area contributed by atoms with Gasteiger partial charge in [-0.25, -0.2) is 0 Å². The maximum absolute atomic E-state index is 5.35. The molecule has 0 aliphatic rings. The van der Waals surface area contributed by atoms with Crippen molar-refractivity contribution in [1.29, 1.82) is 0 Å². The Hall–Kier alpha value is -1.68. The molecule has 4 heteroatoms. The third-order valence-electron chi connectivity index (χ3n) is 3.34. The average Bonchev–Trinajstić information content (AvgIpc) is 2.87. The normalized spacial score (nSPS) is 13.4. The monoisotopic (exact) mass is 273 g/mol. The van der Waals surface area contributed by atoms with Gasteiger partial charge in [0.1, 0.15) is 0 Å². The molecule has 0 saturated carbocycles. The van der Waals surface area contributed by atoms with Crippen LogP contribution in [0.5, 0.6) is 0 Å². The molecule has 4 nitrogen and oxygen atoms in total. The van der Waals surface area contributed by atoms with Crippen molar-refractivity contribution >= 4 is 0 Å². The van der Waals surface area contributed by atoms with Crippen LogP contribution in [0.15, 0.2) is 28.8 Å². The molecule has 1 aromatic heterocycles. The van der Waals surface area contributed by atoms with Crippen LogP contribution < -0.4 is 5.32 Å². The second-order valence-corrected chi connectivity index (χ2v) is 6.24. The predicted molar refractivity (Wildman–Crippen MR) is 79.4 cm³/mol. The van der Waals surface area contributed by atoms with E-state index in [1.54, 1.807) is 0 Å². The molecule has 0 bridgehead atoms. The lowest BCUT2D eigenvalue weighted by molar-refractivity contribution is 0.330. The van der Waals surface area contributed by atoms with Gasteiger partial charge in [0.2, 0.25) is 5.89 Å². The van der Waals surface area contributed by atoms with Crippen molar-refractivity contribution in [2.75, 3.05) is 0 Å². The minimum Gasteiger partial charge on any atom is -0.338 e. The van der Waals surface area contributed by atoms with Crippen LogP contribution >= 0.6 is 0 Å². The van der Waals surface area contributed by atoms with Crippen molar-refractivity contribution in [3.63, 3.8) is 0 Å². The molecule has 1 heterocycles. The van der Waals surface area contributed by atoms with E-state index in [0.717, 1.165) is 12.4 Å². The Morgan fingerprint density at radius 3 is 2.55 bits per heavy atom. The van der Waals surface area contributed by atoms with Crippen LogP contribution in [-0.4, -0.2) is 10.1 Å². The highest BCUT2D eigenvalue weighted by Crippen LogP contribution is 2.21. The lowest BCUT2D eigenvalue weighted by Gasteiger charge is -2.12. The Balaban J connectivity index is 2.00. The molecule has 20 heavy (non-hydrogen) atoms. The van der Waals surface area contributed by atoms with Gasteiger partial charge in [0.05, 0.1) is 6.04 Å². The van der Waals surface area contributed by atoms with Crippen molar-refractivity contribution in [2.24, 2.45) is 0 Å². The average molecular weight is 273 g/mol. The third kappa shape index (κ3) is 3.45. The zero-order valence-corrected chi connectivity index (χ0v) is 12.9. The first-order valence-corrected chi connectivity index (χ1v) is 7.00. The number of nitrogens with zero attached hydrogens (tertiary/aromatic N) is 2. The molecule has 2 rings (SSSR count). The number of benzene rings is 1. The van der Waals surface area contributed by atoms with E-state index in [0.29, 0.717) is 5.89 Å². The van der Waals surface area contributed by atoms with Gasteiger partial charge < -0.3 is 9.84 Å². The van der Waals surface area contributed by atoms with Gasteiger partial charge in [-0.15, -0.1) is 0 Å². The first kappa shape index (κ1) is 14.7. The van der Waals surface area contributed by atoms with Gasteiger partial charge in [-0.1, -0.05) is 50.2 Å². The van der Waals surface area contributed by atoms with Crippen molar-refractivity contribution in [1.82, 2.24) is 15.5 Å². The third-order valence-corrected chi connectivity index (χ3v) is 3.34. The zero-order chi connectivity index (χ0) is 14.8. The highest BCUT2D eigenvalue weighted by atomic mass is 16.5. The molecule has 0 spiro atoms. The molecule has 1 N–H and O–H groups in total. The van der Waals surface area contributed by atoms with E-state index in [-0.39, 0.29) is 11.5 Å². The van der Waals surface area contributed by atoms with E-state index in [9.17, 15) is 0 Å². The van der Waals surface area contributed by atoms with Gasteiger partial charge in [0.25, 0.3) is 0 Å². The summed E-state index contributed by atoms with van der Waals surface area (Å²) in [5.74, 6) is 1.39. The van der Waals surface area contributed by atoms with Gasteiger partial charge in [-0.3, -0.25) is 0 Å². The van der Waals surface area contributed by atoms with E-state index >= 15 is 0 Å². The van der Waals surface area contributed by atoms with Gasteiger partial charge in [-0.05, 0) is 25.0 Å². The molecular weight excluding hydrogens is 250 g/mol.